The molecule has 0 saturated heterocycles. The number of carbonyl (C=O) groups is 1. The summed E-state index contributed by atoms with van der Waals surface area (Å²) in [5, 5.41) is 2.95. The Bertz CT molecular complexity index is 637. The zero-order valence-electron chi connectivity index (χ0n) is 12.9. The lowest BCUT2D eigenvalue weighted by molar-refractivity contribution is 0.0941. The highest BCUT2D eigenvalue weighted by Crippen LogP contribution is 2.16. The summed E-state index contributed by atoms with van der Waals surface area (Å²) >= 11 is 3.40. The standard InChI is InChI=1S/C17H21BrN2O2/c1-3-8-22-15-7-5-6-13(9-15)11-19-17(21)16-10-14(18)12-20(16)4-2/h5-7,9-10,12H,3-4,8,11H2,1-2H3,(H,19,21). The molecule has 5 heteroatoms. The number of benzene rings is 1. The quantitative estimate of drug-likeness (QED) is 0.806. The number of ether oxygens (including phenoxy) is 1. The fourth-order valence-electron chi connectivity index (χ4n) is 2.16. The van der Waals surface area contributed by atoms with Crippen molar-refractivity contribution in [2.24, 2.45) is 0 Å². The number of nitrogens with one attached hydrogen (secondary N) is 1. The molecular weight excluding hydrogens is 344 g/mol. The molecule has 1 amide bonds. The van der Waals surface area contributed by atoms with Gasteiger partial charge in [-0.05, 0) is 53.0 Å². The van der Waals surface area contributed by atoms with Gasteiger partial charge in [0.05, 0.1) is 6.61 Å². The van der Waals surface area contributed by atoms with Crippen molar-refractivity contribution >= 4 is 21.8 Å². The Hall–Kier alpha value is -1.75. The average Bonchev–Trinajstić information content (AvgIpc) is 2.92. The molecule has 0 fully saturated rings. The Morgan fingerprint density at radius 1 is 1.32 bits per heavy atom. The number of aryl methyl sites for hydroxylation is 1. The second-order valence-electron chi connectivity index (χ2n) is 5.01. The topological polar surface area (TPSA) is 43.3 Å². The van der Waals surface area contributed by atoms with E-state index in [-0.39, 0.29) is 5.91 Å². The van der Waals surface area contributed by atoms with E-state index in [9.17, 15) is 4.79 Å². The van der Waals surface area contributed by atoms with E-state index < -0.39 is 0 Å². The van der Waals surface area contributed by atoms with Gasteiger partial charge in [-0.2, -0.15) is 0 Å². The second kappa shape index (κ2) is 8.03. The van der Waals surface area contributed by atoms with Crippen molar-refractivity contribution in [1.29, 1.82) is 0 Å². The number of hydrogen-bond acceptors (Lipinski definition) is 2. The van der Waals surface area contributed by atoms with Gasteiger partial charge in [0, 0.05) is 23.8 Å². The molecule has 1 aromatic heterocycles. The van der Waals surface area contributed by atoms with Gasteiger partial charge in [0.25, 0.3) is 5.91 Å². The molecule has 2 rings (SSSR count). The van der Waals surface area contributed by atoms with Crippen LogP contribution in [0, 0.1) is 0 Å². The summed E-state index contributed by atoms with van der Waals surface area (Å²) in [6.45, 7) is 6.03. The van der Waals surface area contributed by atoms with Gasteiger partial charge in [0.15, 0.2) is 0 Å². The number of rotatable bonds is 7. The van der Waals surface area contributed by atoms with Crippen molar-refractivity contribution in [3.8, 4) is 5.75 Å². The van der Waals surface area contributed by atoms with E-state index in [0.29, 0.717) is 18.8 Å². The maximum Gasteiger partial charge on any atom is 0.268 e. The molecule has 0 aliphatic heterocycles. The van der Waals surface area contributed by atoms with Crippen LogP contribution < -0.4 is 10.1 Å². The van der Waals surface area contributed by atoms with Crippen molar-refractivity contribution in [3.05, 3.63) is 52.3 Å². The highest BCUT2D eigenvalue weighted by molar-refractivity contribution is 9.10. The van der Waals surface area contributed by atoms with Crippen LogP contribution in [0.1, 0.15) is 36.3 Å². The van der Waals surface area contributed by atoms with Crippen molar-refractivity contribution in [3.63, 3.8) is 0 Å². The number of hydrogen-bond donors (Lipinski definition) is 1. The van der Waals surface area contributed by atoms with E-state index in [1.807, 2.05) is 48.0 Å². The predicted molar refractivity (Wildman–Crippen MR) is 91.2 cm³/mol. The van der Waals surface area contributed by atoms with E-state index in [0.717, 1.165) is 28.8 Å². The van der Waals surface area contributed by atoms with Gasteiger partial charge in [-0.15, -0.1) is 0 Å². The lowest BCUT2D eigenvalue weighted by Gasteiger charge is -2.09. The van der Waals surface area contributed by atoms with Gasteiger partial charge in [0.2, 0.25) is 0 Å². The highest BCUT2D eigenvalue weighted by Gasteiger charge is 2.11. The van der Waals surface area contributed by atoms with Crippen LogP contribution in [-0.2, 0) is 13.1 Å². The molecule has 0 radical (unpaired) electrons. The molecule has 0 unspecified atom stereocenters. The Labute approximate surface area is 139 Å². The third kappa shape index (κ3) is 4.37. The van der Waals surface area contributed by atoms with Crippen molar-refractivity contribution in [2.45, 2.75) is 33.4 Å². The molecule has 4 nitrogen and oxygen atoms in total. The first-order valence-electron chi connectivity index (χ1n) is 7.49. The van der Waals surface area contributed by atoms with Gasteiger partial charge in [-0.25, -0.2) is 0 Å². The zero-order valence-corrected chi connectivity index (χ0v) is 14.5. The second-order valence-corrected chi connectivity index (χ2v) is 5.92. The molecule has 0 aliphatic carbocycles. The molecule has 0 spiro atoms. The SMILES string of the molecule is CCCOc1cccc(CNC(=O)c2cc(Br)cn2CC)c1. The van der Waals surface area contributed by atoms with Crippen molar-refractivity contribution in [1.82, 2.24) is 9.88 Å². The van der Waals surface area contributed by atoms with Crippen LogP contribution in [0.5, 0.6) is 5.75 Å². The minimum atomic E-state index is -0.0765. The Morgan fingerprint density at radius 3 is 2.86 bits per heavy atom. The first kappa shape index (κ1) is 16.6. The monoisotopic (exact) mass is 364 g/mol. The van der Waals surface area contributed by atoms with Crippen LogP contribution in [0.4, 0.5) is 0 Å². The lowest BCUT2D eigenvalue weighted by atomic mass is 10.2. The molecule has 118 valence electrons. The van der Waals surface area contributed by atoms with Gasteiger partial charge in [-0.1, -0.05) is 19.1 Å². The third-order valence-corrected chi connectivity index (χ3v) is 3.69. The third-order valence-electron chi connectivity index (χ3n) is 3.26. The Morgan fingerprint density at radius 2 is 2.14 bits per heavy atom. The van der Waals surface area contributed by atoms with E-state index >= 15 is 0 Å². The summed E-state index contributed by atoms with van der Waals surface area (Å²) in [4.78, 5) is 12.3. The first-order valence-corrected chi connectivity index (χ1v) is 8.29. The van der Waals surface area contributed by atoms with Crippen LogP contribution in [-0.4, -0.2) is 17.1 Å². The molecule has 0 saturated carbocycles. The van der Waals surface area contributed by atoms with Crippen LogP contribution in [0.2, 0.25) is 0 Å². The van der Waals surface area contributed by atoms with Gasteiger partial charge in [0.1, 0.15) is 11.4 Å². The average molecular weight is 365 g/mol. The minimum Gasteiger partial charge on any atom is -0.494 e. The van der Waals surface area contributed by atoms with Crippen LogP contribution in [0.3, 0.4) is 0 Å². The zero-order chi connectivity index (χ0) is 15.9. The number of amides is 1. The summed E-state index contributed by atoms with van der Waals surface area (Å²) in [6, 6.07) is 9.65. The molecule has 0 aliphatic rings. The summed E-state index contributed by atoms with van der Waals surface area (Å²) < 4.78 is 8.43. The molecule has 1 heterocycles. The fraction of sp³-hybridized carbons (Fsp3) is 0.353. The van der Waals surface area contributed by atoms with Crippen LogP contribution >= 0.6 is 15.9 Å². The first-order chi connectivity index (χ1) is 10.6. The number of aromatic nitrogens is 1. The van der Waals surface area contributed by atoms with Crippen LogP contribution in [0.25, 0.3) is 0 Å². The summed E-state index contributed by atoms with van der Waals surface area (Å²) in [5.41, 5.74) is 1.68. The van der Waals surface area contributed by atoms with Crippen LogP contribution in [0.15, 0.2) is 41.0 Å². The largest absolute Gasteiger partial charge is 0.494 e. The maximum absolute atomic E-state index is 12.3. The van der Waals surface area contributed by atoms with Crippen molar-refractivity contribution < 1.29 is 9.53 Å². The number of nitrogens with zero attached hydrogens (tertiary/aromatic N) is 1. The summed E-state index contributed by atoms with van der Waals surface area (Å²) in [7, 11) is 0. The van der Waals surface area contributed by atoms with Gasteiger partial charge >= 0.3 is 0 Å². The fourth-order valence-corrected chi connectivity index (χ4v) is 2.63. The molecule has 0 bridgehead atoms. The predicted octanol–water partition coefficient (Wildman–Crippen LogP) is 3.99. The van der Waals surface area contributed by atoms with E-state index in [1.165, 1.54) is 0 Å². The normalized spacial score (nSPS) is 10.5. The summed E-state index contributed by atoms with van der Waals surface area (Å²) in [5.74, 6) is 0.765. The lowest BCUT2D eigenvalue weighted by Crippen LogP contribution is -2.25. The van der Waals surface area contributed by atoms with E-state index in [1.54, 1.807) is 0 Å². The number of halogens is 1. The van der Waals surface area contributed by atoms with Gasteiger partial charge < -0.3 is 14.6 Å². The van der Waals surface area contributed by atoms with Crippen molar-refractivity contribution in [2.75, 3.05) is 6.61 Å². The Balaban J connectivity index is 1.98. The maximum atomic E-state index is 12.3. The Kier molecular flexibility index (Phi) is 6.07. The molecule has 2 aromatic rings. The highest BCUT2D eigenvalue weighted by atomic mass is 79.9. The molecule has 22 heavy (non-hydrogen) atoms. The van der Waals surface area contributed by atoms with E-state index in [4.69, 9.17) is 4.74 Å². The molecule has 0 atom stereocenters. The minimum absolute atomic E-state index is 0.0765. The smallest absolute Gasteiger partial charge is 0.268 e. The molecule has 1 N–H and O–H groups in total. The van der Waals surface area contributed by atoms with Gasteiger partial charge in [-0.3, -0.25) is 4.79 Å². The summed E-state index contributed by atoms with van der Waals surface area (Å²) in [6.07, 6.45) is 2.89. The molecule has 1 aromatic carbocycles. The number of carbonyl (C=O) groups excluding carboxylic acids is 1. The molecular formula is C17H21BrN2O2. The van der Waals surface area contributed by atoms with E-state index in [2.05, 4.69) is 28.2 Å².